The maximum absolute atomic E-state index is 13.5. The van der Waals surface area contributed by atoms with Crippen LogP contribution in [0.3, 0.4) is 0 Å². The number of hydrogen-bond acceptors (Lipinski definition) is 5. The number of fused-ring (bicyclic) bond motifs is 1. The lowest BCUT2D eigenvalue weighted by Crippen LogP contribution is -2.56. The fourth-order valence-corrected chi connectivity index (χ4v) is 4.65. The third-order valence-electron chi connectivity index (χ3n) is 6.25. The minimum atomic E-state index is -2.74. The Hall–Kier alpha value is -3.45. The van der Waals surface area contributed by atoms with E-state index in [0.29, 0.717) is 33.8 Å². The van der Waals surface area contributed by atoms with Crippen molar-refractivity contribution in [2.45, 2.75) is 32.7 Å². The van der Waals surface area contributed by atoms with Crippen LogP contribution in [0.4, 0.5) is 20.3 Å². The SMILES string of the molecule is Cc1cc([C@@H](C)Nc2ccc(Cl)nc2N2CC(F)(F)C2)c2oc(-c3ccccc3)c(C)c(=O)c2c1. The molecule has 8 heteroatoms. The molecule has 0 aliphatic carbocycles. The maximum Gasteiger partial charge on any atom is 0.282 e. The number of alkyl halides is 2. The van der Waals surface area contributed by atoms with Gasteiger partial charge in [0.05, 0.1) is 30.2 Å². The second-order valence-electron chi connectivity index (χ2n) is 9.07. The zero-order valence-corrected chi connectivity index (χ0v) is 20.3. The monoisotopic (exact) mass is 495 g/mol. The Bertz CT molecular complexity index is 1480. The van der Waals surface area contributed by atoms with Crippen LogP contribution in [-0.4, -0.2) is 24.0 Å². The van der Waals surface area contributed by atoms with E-state index >= 15 is 0 Å². The van der Waals surface area contributed by atoms with Crippen molar-refractivity contribution in [3.63, 3.8) is 0 Å². The van der Waals surface area contributed by atoms with Crippen LogP contribution in [0.2, 0.25) is 5.15 Å². The number of benzene rings is 2. The summed E-state index contributed by atoms with van der Waals surface area (Å²) in [5, 5.41) is 4.10. The quantitative estimate of drug-likeness (QED) is 0.310. The molecule has 0 unspecified atom stereocenters. The average Bonchev–Trinajstić information content (AvgIpc) is 2.81. The average molecular weight is 496 g/mol. The Balaban J connectivity index is 1.59. The number of nitrogens with zero attached hydrogens (tertiary/aromatic N) is 2. The van der Waals surface area contributed by atoms with E-state index in [9.17, 15) is 13.6 Å². The molecule has 1 atom stereocenters. The lowest BCUT2D eigenvalue weighted by atomic mass is 9.98. The minimum absolute atomic E-state index is 0.0843. The van der Waals surface area contributed by atoms with Crippen molar-refractivity contribution in [3.05, 3.63) is 86.7 Å². The molecular formula is C27H24ClF2N3O2. The van der Waals surface area contributed by atoms with Crippen molar-refractivity contribution in [1.82, 2.24) is 4.98 Å². The van der Waals surface area contributed by atoms with Gasteiger partial charge in [-0.05, 0) is 44.5 Å². The molecule has 2 aromatic heterocycles. The summed E-state index contributed by atoms with van der Waals surface area (Å²) in [7, 11) is 0. The van der Waals surface area contributed by atoms with E-state index in [1.807, 2.05) is 56.3 Å². The molecule has 1 aliphatic rings. The van der Waals surface area contributed by atoms with Gasteiger partial charge in [-0.15, -0.1) is 0 Å². The number of aryl methyl sites for hydroxylation is 1. The van der Waals surface area contributed by atoms with Crippen molar-refractivity contribution < 1.29 is 13.2 Å². The summed E-state index contributed by atoms with van der Waals surface area (Å²) in [5.74, 6) is -1.85. The van der Waals surface area contributed by atoms with Gasteiger partial charge in [0, 0.05) is 16.7 Å². The van der Waals surface area contributed by atoms with E-state index in [-0.39, 0.29) is 16.6 Å². The Labute approximate surface area is 206 Å². The van der Waals surface area contributed by atoms with Gasteiger partial charge in [-0.2, -0.15) is 0 Å². The van der Waals surface area contributed by atoms with E-state index in [2.05, 4.69) is 10.3 Å². The highest BCUT2D eigenvalue weighted by Gasteiger charge is 2.45. The summed E-state index contributed by atoms with van der Waals surface area (Å²) in [4.78, 5) is 19.1. The number of hydrogen-bond donors (Lipinski definition) is 1. The Kier molecular flexibility index (Phi) is 5.75. The van der Waals surface area contributed by atoms with Gasteiger partial charge in [0.2, 0.25) is 0 Å². The second kappa shape index (κ2) is 8.64. The van der Waals surface area contributed by atoms with Crippen LogP contribution >= 0.6 is 11.6 Å². The molecule has 5 nitrogen and oxygen atoms in total. The zero-order valence-electron chi connectivity index (χ0n) is 19.5. The Morgan fingerprint density at radius 2 is 1.83 bits per heavy atom. The predicted molar refractivity (Wildman–Crippen MR) is 136 cm³/mol. The largest absolute Gasteiger partial charge is 0.455 e. The van der Waals surface area contributed by atoms with Gasteiger partial charge >= 0.3 is 0 Å². The van der Waals surface area contributed by atoms with Crippen LogP contribution in [0.15, 0.2) is 63.8 Å². The molecule has 0 saturated carbocycles. The molecule has 0 amide bonds. The van der Waals surface area contributed by atoms with Crippen molar-refractivity contribution in [3.8, 4) is 11.3 Å². The maximum atomic E-state index is 13.5. The summed E-state index contributed by atoms with van der Waals surface area (Å²) in [5.41, 5.74) is 4.04. The standard InChI is InChI=1S/C27H24ClF2N3O2/c1-15-11-19(17(3)31-21-9-10-22(28)32-26(21)33-13-27(29,30)14-33)25-20(12-15)23(34)16(2)24(35-25)18-7-5-4-6-8-18/h4-12,17,31H,13-14H2,1-3H3/t17-/m1/s1. The van der Waals surface area contributed by atoms with E-state index in [1.165, 1.54) is 4.90 Å². The summed E-state index contributed by atoms with van der Waals surface area (Å²) >= 11 is 6.07. The molecule has 35 heavy (non-hydrogen) atoms. The van der Waals surface area contributed by atoms with Crippen molar-refractivity contribution in [2.75, 3.05) is 23.3 Å². The predicted octanol–water partition coefficient (Wildman–Crippen LogP) is 6.75. The Morgan fingerprint density at radius 3 is 2.51 bits per heavy atom. The lowest BCUT2D eigenvalue weighted by Gasteiger charge is -2.40. The molecule has 5 rings (SSSR count). The minimum Gasteiger partial charge on any atom is -0.455 e. The van der Waals surface area contributed by atoms with Crippen LogP contribution in [0.25, 0.3) is 22.3 Å². The lowest BCUT2D eigenvalue weighted by molar-refractivity contribution is -0.0266. The van der Waals surface area contributed by atoms with Crippen LogP contribution < -0.4 is 15.6 Å². The fourth-order valence-electron chi connectivity index (χ4n) is 4.51. The summed E-state index contributed by atoms with van der Waals surface area (Å²) in [6.45, 7) is 4.80. The number of anilines is 2. The summed E-state index contributed by atoms with van der Waals surface area (Å²) in [6, 6.07) is 16.3. The summed E-state index contributed by atoms with van der Waals surface area (Å²) < 4.78 is 33.4. The highest BCUT2D eigenvalue weighted by Crippen LogP contribution is 2.38. The molecule has 1 saturated heterocycles. The summed E-state index contributed by atoms with van der Waals surface area (Å²) in [6.07, 6.45) is 0. The molecule has 3 heterocycles. The first-order valence-electron chi connectivity index (χ1n) is 11.3. The first-order valence-corrected chi connectivity index (χ1v) is 11.7. The van der Waals surface area contributed by atoms with Gasteiger partial charge in [-0.3, -0.25) is 4.79 Å². The van der Waals surface area contributed by atoms with Crippen molar-refractivity contribution >= 4 is 34.1 Å². The molecule has 1 fully saturated rings. The second-order valence-corrected chi connectivity index (χ2v) is 9.45. The molecule has 0 bridgehead atoms. The molecule has 1 N–H and O–H groups in total. The number of halogens is 3. The topological polar surface area (TPSA) is 58.4 Å². The van der Waals surface area contributed by atoms with Crippen molar-refractivity contribution in [1.29, 1.82) is 0 Å². The highest BCUT2D eigenvalue weighted by molar-refractivity contribution is 6.29. The number of pyridine rings is 1. The first kappa shape index (κ1) is 23.3. The van der Waals surface area contributed by atoms with Crippen LogP contribution in [0.5, 0.6) is 0 Å². The molecule has 2 aromatic carbocycles. The van der Waals surface area contributed by atoms with Crippen LogP contribution in [0, 0.1) is 13.8 Å². The normalized spacial score (nSPS) is 15.7. The zero-order chi connectivity index (χ0) is 24.9. The molecule has 0 radical (unpaired) electrons. The molecule has 0 spiro atoms. The van der Waals surface area contributed by atoms with Gasteiger partial charge in [0.1, 0.15) is 16.5 Å². The molecular weight excluding hydrogens is 472 g/mol. The number of rotatable bonds is 5. The number of aromatic nitrogens is 1. The molecule has 180 valence electrons. The molecule has 4 aromatic rings. The van der Waals surface area contributed by atoms with Gasteiger partial charge in [-0.1, -0.05) is 48.0 Å². The third kappa shape index (κ3) is 4.36. The third-order valence-corrected chi connectivity index (χ3v) is 6.46. The van der Waals surface area contributed by atoms with Gasteiger partial charge in [0.25, 0.3) is 5.92 Å². The van der Waals surface area contributed by atoms with Crippen LogP contribution in [-0.2, 0) is 0 Å². The molecule has 1 aliphatic heterocycles. The fraction of sp³-hybridized carbons (Fsp3) is 0.259. The Morgan fingerprint density at radius 1 is 1.11 bits per heavy atom. The van der Waals surface area contributed by atoms with Gasteiger partial charge in [-0.25, -0.2) is 13.8 Å². The smallest absolute Gasteiger partial charge is 0.282 e. The van der Waals surface area contributed by atoms with E-state index in [1.54, 1.807) is 19.1 Å². The van der Waals surface area contributed by atoms with Gasteiger partial charge in [0.15, 0.2) is 11.2 Å². The van der Waals surface area contributed by atoms with E-state index < -0.39 is 19.0 Å². The van der Waals surface area contributed by atoms with E-state index in [0.717, 1.165) is 16.7 Å². The highest BCUT2D eigenvalue weighted by atomic mass is 35.5. The van der Waals surface area contributed by atoms with Crippen molar-refractivity contribution in [2.24, 2.45) is 0 Å². The van der Waals surface area contributed by atoms with Crippen LogP contribution in [0.1, 0.15) is 29.7 Å². The number of nitrogens with one attached hydrogen (secondary N) is 1. The van der Waals surface area contributed by atoms with Gasteiger partial charge < -0.3 is 14.6 Å². The van der Waals surface area contributed by atoms with E-state index in [4.69, 9.17) is 16.0 Å². The first-order chi connectivity index (χ1) is 16.6.